The lowest BCUT2D eigenvalue weighted by Crippen LogP contribution is -2.39. The Bertz CT molecular complexity index is 249. The van der Waals surface area contributed by atoms with Crippen LogP contribution in [0.1, 0.15) is 47.0 Å². The first-order chi connectivity index (χ1) is 6.88. The molecule has 2 N–H and O–H groups in total. The third kappa shape index (κ3) is 1.53. The van der Waals surface area contributed by atoms with Crippen molar-refractivity contribution in [3.63, 3.8) is 0 Å². The number of rotatable bonds is 3. The van der Waals surface area contributed by atoms with Gasteiger partial charge in [0.1, 0.15) is 0 Å². The molecule has 2 aliphatic carbocycles. The lowest BCUT2D eigenvalue weighted by molar-refractivity contribution is -0.0495. The zero-order valence-electron chi connectivity index (χ0n) is 10.5. The van der Waals surface area contributed by atoms with Gasteiger partial charge in [-0.25, -0.2) is 0 Å². The molecule has 0 saturated heterocycles. The first-order valence-corrected chi connectivity index (χ1v) is 6.25. The van der Waals surface area contributed by atoms with Crippen molar-refractivity contribution in [2.75, 3.05) is 6.61 Å². The topological polar surface area (TPSA) is 35.2 Å². The quantitative estimate of drug-likeness (QED) is 0.778. The van der Waals surface area contributed by atoms with Crippen LogP contribution in [0.4, 0.5) is 0 Å². The monoisotopic (exact) mass is 211 g/mol. The Balaban J connectivity index is 2.06. The Morgan fingerprint density at radius 3 is 2.47 bits per heavy atom. The van der Waals surface area contributed by atoms with Gasteiger partial charge in [-0.2, -0.15) is 0 Å². The van der Waals surface area contributed by atoms with E-state index in [0.717, 1.165) is 5.92 Å². The highest BCUT2D eigenvalue weighted by atomic mass is 16.5. The van der Waals surface area contributed by atoms with Crippen LogP contribution in [0.2, 0.25) is 0 Å². The Morgan fingerprint density at radius 2 is 2.07 bits per heavy atom. The van der Waals surface area contributed by atoms with Gasteiger partial charge in [-0.15, -0.1) is 0 Å². The van der Waals surface area contributed by atoms with Gasteiger partial charge in [0.25, 0.3) is 0 Å². The first-order valence-electron chi connectivity index (χ1n) is 6.25. The second kappa shape index (κ2) is 3.46. The van der Waals surface area contributed by atoms with Crippen LogP contribution >= 0.6 is 0 Å². The maximum Gasteiger partial charge on any atom is 0.0637 e. The zero-order chi connectivity index (χ0) is 11.3. The molecule has 2 fully saturated rings. The molecular weight excluding hydrogens is 186 g/mol. The highest BCUT2D eigenvalue weighted by Gasteiger charge is 2.61. The summed E-state index contributed by atoms with van der Waals surface area (Å²) < 4.78 is 6.01. The van der Waals surface area contributed by atoms with Crippen molar-refractivity contribution in [2.45, 2.75) is 59.1 Å². The smallest absolute Gasteiger partial charge is 0.0637 e. The summed E-state index contributed by atoms with van der Waals surface area (Å²) in [6.45, 7) is 9.97. The van der Waals surface area contributed by atoms with Gasteiger partial charge in [0.15, 0.2) is 0 Å². The summed E-state index contributed by atoms with van der Waals surface area (Å²) in [5, 5.41) is 0. The van der Waals surface area contributed by atoms with Crippen molar-refractivity contribution >= 4 is 0 Å². The minimum Gasteiger partial charge on any atom is -0.376 e. The fourth-order valence-corrected chi connectivity index (χ4v) is 3.65. The molecule has 2 nitrogen and oxygen atoms in total. The second-order valence-corrected chi connectivity index (χ2v) is 6.41. The van der Waals surface area contributed by atoms with E-state index in [4.69, 9.17) is 10.5 Å². The number of nitrogens with two attached hydrogens (primary N) is 1. The molecule has 2 bridgehead atoms. The van der Waals surface area contributed by atoms with Crippen LogP contribution in [-0.4, -0.2) is 18.8 Å². The van der Waals surface area contributed by atoms with E-state index >= 15 is 0 Å². The van der Waals surface area contributed by atoms with Gasteiger partial charge in [-0.3, -0.25) is 0 Å². The van der Waals surface area contributed by atoms with Gasteiger partial charge in [0.2, 0.25) is 0 Å². The second-order valence-electron chi connectivity index (χ2n) is 6.41. The summed E-state index contributed by atoms with van der Waals surface area (Å²) in [7, 11) is 0. The lowest BCUT2D eigenvalue weighted by Gasteiger charge is -2.39. The van der Waals surface area contributed by atoms with Crippen molar-refractivity contribution in [1.82, 2.24) is 0 Å². The van der Waals surface area contributed by atoms with Gasteiger partial charge >= 0.3 is 0 Å². The Hall–Kier alpha value is -0.0800. The first kappa shape index (κ1) is 11.4. The van der Waals surface area contributed by atoms with Crippen LogP contribution in [0.5, 0.6) is 0 Å². The molecule has 0 aromatic heterocycles. The summed E-state index contributed by atoms with van der Waals surface area (Å²) in [6.07, 6.45) is 4.41. The van der Waals surface area contributed by atoms with Crippen molar-refractivity contribution in [2.24, 2.45) is 22.5 Å². The molecule has 0 aromatic rings. The predicted octanol–water partition coefficient (Wildman–Crippen LogP) is 2.57. The molecule has 4 atom stereocenters. The van der Waals surface area contributed by atoms with E-state index in [-0.39, 0.29) is 6.04 Å². The van der Waals surface area contributed by atoms with E-state index in [0.29, 0.717) is 23.5 Å². The van der Waals surface area contributed by atoms with Gasteiger partial charge in [0.05, 0.1) is 12.7 Å². The van der Waals surface area contributed by atoms with Crippen molar-refractivity contribution in [3.8, 4) is 0 Å². The molecule has 0 aliphatic heterocycles. The zero-order valence-corrected chi connectivity index (χ0v) is 10.5. The predicted molar refractivity (Wildman–Crippen MR) is 62.6 cm³/mol. The Morgan fingerprint density at radius 1 is 1.40 bits per heavy atom. The van der Waals surface area contributed by atoms with E-state index in [9.17, 15) is 0 Å². The SMILES string of the molecule is CC(N)COC1CC2CCC1(C)C2(C)C. The third-order valence-corrected chi connectivity index (χ3v) is 5.27. The average molecular weight is 211 g/mol. The summed E-state index contributed by atoms with van der Waals surface area (Å²) in [6, 6.07) is 0.163. The molecule has 2 heteroatoms. The lowest BCUT2D eigenvalue weighted by atomic mass is 9.70. The van der Waals surface area contributed by atoms with Crippen LogP contribution in [0, 0.1) is 16.7 Å². The number of fused-ring (bicyclic) bond motifs is 2. The van der Waals surface area contributed by atoms with Crippen molar-refractivity contribution in [1.29, 1.82) is 0 Å². The maximum absolute atomic E-state index is 6.01. The molecule has 2 rings (SSSR count). The van der Waals surface area contributed by atoms with Crippen LogP contribution in [-0.2, 0) is 4.74 Å². The average Bonchev–Trinajstić information content (AvgIpc) is 2.46. The molecule has 0 radical (unpaired) electrons. The molecule has 0 heterocycles. The third-order valence-electron chi connectivity index (χ3n) is 5.27. The maximum atomic E-state index is 6.01. The van der Waals surface area contributed by atoms with E-state index in [1.807, 2.05) is 6.92 Å². The molecule has 2 saturated carbocycles. The molecule has 15 heavy (non-hydrogen) atoms. The van der Waals surface area contributed by atoms with E-state index in [1.54, 1.807) is 0 Å². The summed E-state index contributed by atoms with van der Waals surface area (Å²) >= 11 is 0. The largest absolute Gasteiger partial charge is 0.376 e. The molecule has 0 aromatic carbocycles. The fourth-order valence-electron chi connectivity index (χ4n) is 3.65. The summed E-state index contributed by atoms with van der Waals surface area (Å²) in [4.78, 5) is 0. The fraction of sp³-hybridized carbons (Fsp3) is 1.00. The minimum absolute atomic E-state index is 0.163. The van der Waals surface area contributed by atoms with Crippen molar-refractivity contribution < 1.29 is 4.74 Å². The van der Waals surface area contributed by atoms with Gasteiger partial charge < -0.3 is 10.5 Å². The number of hydrogen-bond acceptors (Lipinski definition) is 2. The van der Waals surface area contributed by atoms with Crippen LogP contribution in [0.15, 0.2) is 0 Å². The highest BCUT2D eigenvalue weighted by Crippen LogP contribution is 2.66. The van der Waals surface area contributed by atoms with Gasteiger partial charge in [0, 0.05) is 6.04 Å². The minimum atomic E-state index is 0.163. The van der Waals surface area contributed by atoms with Gasteiger partial charge in [-0.05, 0) is 42.9 Å². The number of hydrogen-bond donors (Lipinski definition) is 1. The van der Waals surface area contributed by atoms with Crippen LogP contribution < -0.4 is 5.73 Å². The van der Waals surface area contributed by atoms with Gasteiger partial charge in [-0.1, -0.05) is 20.8 Å². The molecular formula is C13H25NO. The Kier molecular flexibility index (Phi) is 2.63. The molecule has 0 spiro atoms. The standard InChI is InChI=1S/C13H25NO/c1-9(14)8-15-11-7-10-5-6-13(11,4)12(10,2)3/h9-11H,5-8,14H2,1-4H3. The van der Waals surface area contributed by atoms with E-state index in [2.05, 4.69) is 20.8 Å². The number of ether oxygens (including phenoxy) is 1. The van der Waals surface area contributed by atoms with Crippen LogP contribution in [0.3, 0.4) is 0 Å². The normalized spacial score (nSPS) is 44.6. The Labute approximate surface area is 93.6 Å². The van der Waals surface area contributed by atoms with E-state index < -0.39 is 0 Å². The molecule has 0 amide bonds. The van der Waals surface area contributed by atoms with Crippen LogP contribution in [0.25, 0.3) is 0 Å². The highest BCUT2D eigenvalue weighted by molar-refractivity contribution is 5.11. The summed E-state index contributed by atoms with van der Waals surface area (Å²) in [5.74, 6) is 0.862. The molecule has 2 aliphatic rings. The van der Waals surface area contributed by atoms with E-state index in [1.165, 1.54) is 19.3 Å². The molecule has 4 unspecified atom stereocenters. The summed E-state index contributed by atoms with van der Waals surface area (Å²) in [5.41, 5.74) is 6.59. The molecule has 88 valence electrons. The van der Waals surface area contributed by atoms with Crippen molar-refractivity contribution in [3.05, 3.63) is 0 Å².